The van der Waals surface area contributed by atoms with Gasteiger partial charge in [-0.15, -0.1) is 0 Å². The molecule has 5 nitrogen and oxygen atoms in total. The Morgan fingerprint density at radius 1 is 1.37 bits per heavy atom. The second kappa shape index (κ2) is 5.97. The van der Waals surface area contributed by atoms with Crippen LogP contribution in [-0.4, -0.2) is 17.9 Å². The SMILES string of the molecule is COCc1cccc(Oc2cnccc2C(=N)N)c1. The maximum atomic E-state index is 7.50. The molecule has 0 amide bonds. The Bertz CT molecular complexity index is 584. The number of ether oxygens (including phenoxy) is 2. The van der Waals surface area contributed by atoms with Gasteiger partial charge in [-0.25, -0.2) is 0 Å². The Balaban J connectivity index is 2.26. The van der Waals surface area contributed by atoms with Crippen LogP contribution in [0.25, 0.3) is 0 Å². The highest BCUT2D eigenvalue weighted by molar-refractivity contribution is 5.97. The smallest absolute Gasteiger partial charge is 0.156 e. The highest BCUT2D eigenvalue weighted by Gasteiger charge is 2.07. The molecule has 0 unspecified atom stereocenters. The molecule has 0 spiro atoms. The minimum atomic E-state index is -0.0505. The van der Waals surface area contributed by atoms with Gasteiger partial charge in [0.15, 0.2) is 5.75 Å². The van der Waals surface area contributed by atoms with Crippen LogP contribution in [0.2, 0.25) is 0 Å². The van der Waals surface area contributed by atoms with Crippen molar-refractivity contribution < 1.29 is 9.47 Å². The average Bonchev–Trinajstić information content (AvgIpc) is 2.40. The number of nitrogens with two attached hydrogens (primary N) is 1. The molecule has 0 radical (unpaired) electrons. The summed E-state index contributed by atoms with van der Waals surface area (Å²) in [7, 11) is 1.64. The fraction of sp³-hybridized carbons (Fsp3) is 0.143. The zero-order valence-corrected chi connectivity index (χ0v) is 10.6. The number of amidine groups is 1. The third kappa shape index (κ3) is 3.29. The molecule has 2 aromatic rings. The van der Waals surface area contributed by atoms with Gasteiger partial charge in [-0.2, -0.15) is 0 Å². The minimum Gasteiger partial charge on any atom is -0.455 e. The van der Waals surface area contributed by atoms with E-state index in [2.05, 4.69) is 4.98 Å². The van der Waals surface area contributed by atoms with E-state index in [0.717, 1.165) is 5.56 Å². The van der Waals surface area contributed by atoms with E-state index in [1.165, 1.54) is 0 Å². The largest absolute Gasteiger partial charge is 0.455 e. The first-order valence-corrected chi connectivity index (χ1v) is 5.75. The number of methoxy groups -OCH3 is 1. The van der Waals surface area contributed by atoms with Gasteiger partial charge in [-0.3, -0.25) is 10.4 Å². The summed E-state index contributed by atoms with van der Waals surface area (Å²) >= 11 is 0. The fourth-order valence-corrected chi connectivity index (χ4v) is 1.68. The molecule has 0 aliphatic carbocycles. The lowest BCUT2D eigenvalue weighted by molar-refractivity contribution is 0.184. The zero-order chi connectivity index (χ0) is 13.7. The number of benzene rings is 1. The Morgan fingerprint density at radius 3 is 2.95 bits per heavy atom. The van der Waals surface area contributed by atoms with Crippen LogP contribution in [-0.2, 0) is 11.3 Å². The number of hydrogen-bond donors (Lipinski definition) is 2. The number of nitrogens with zero attached hydrogens (tertiary/aromatic N) is 1. The van der Waals surface area contributed by atoms with E-state index in [4.69, 9.17) is 20.6 Å². The van der Waals surface area contributed by atoms with Crippen molar-refractivity contribution in [2.75, 3.05) is 7.11 Å². The van der Waals surface area contributed by atoms with Crippen molar-refractivity contribution in [2.45, 2.75) is 6.61 Å². The third-order valence-corrected chi connectivity index (χ3v) is 2.51. The summed E-state index contributed by atoms with van der Waals surface area (Å²) in [5, 5.41) is 7.50. The normalized spacial score (nSPS) is 10.2. The van der Waals surface area contributed by atoms with Gasteiger partial charge in [0.1, 0.15) is 11.6 Å². The average molecular weight is 257 g/mol. The summed E-state index contributed by atoms with van der Waals surface area (Å²) in [6.45, 7) is 0.518. The Labute approximate surface area is 111 Å². The van der Waals surface area contributed by atoms with Crippen LogP contribution >= 0.6 is 0 Å². The van der Waals surface area contributed by atoms with Gasteiger partial charge in [0.2, 0.25) is 0 Å². The number of rotatable bonds is 5. The zero-order valence-electron chi connectivity index (χ0n) is 10.6. The molecule has 3 N–H and O–H groups in total. The number of aromatic nitrogens is 1. The molecule has 0 saturated carbocycles. The molecule has 0 saturated heterocycles. The van der Waals surface area contributed by atoms with E-state index in [1.54, 1.807) is 25.6 Å². The summed E-state index contributed by atoms with van der Waals surface area (Å²) in [6.07, 6.45) is 3.12. The molecule has 1 aromatic carbocycles. The molecule has 5 heteroatoms. The van der Waals surface area contributed by atoms with Crippen molar-refractivity contribution in [3.63, 3.8) is 0 Å². The van der Waals surface area contributed by atoms with E-state index < -0.39 is 0 Å². The number of nitrogen functional groups attached to an aromatic ring is 1. The molecule has 0 bridgehead atoms. The molecule has 1 aromatic heterocycles. The van der Waals surface area contributed by atoms with Crippen LogP contribution < -0.4 is 10.5 Å². The Hall–Kier alpha value is -2.40. The molecule has 0 aliphatic rings. The molecule has 1 heterocycles. The first kappa shape index (κ1) is 13.0. The molecular weight excluding hydrogens is 242 g/mol. The van der Waals surface area contributed by atoms with Crippen LogP contribution in [0.3, 0.4) is 0 Å². The number of pyridine rings is 1. The maximum Gasteiger partial charge on any atom is 0.156 e. The lowest BCUT2D eigenvalue weighted by Gasteiger charge is -2.10. The van der Waals surface area contributed by atoms with Gasteiger partial charge in [-0.05, 0) is 23.8 Å². The molecular formula is C14H15N3O2. The fourth-order valence-electron chi connectivity index (χ4n) is 1.68. The maximum absolute atomic E-state index is 7.50. The highest BCUT2D eigenvalue weighted by atomic mass is 16.5. The summed E-state index contributed by atoms with van der Waals surface area (Å²) < 4.78 is 10.8. The molecule has 0 atom stereocenters. The second-order valence-corrected chi connectivity index (χ2v) is 3.97. The Kier molecular flexibility index (Phi) is 4.10. The highest BCUT2D eigenvalue weighted by Crippen LogP contribution is 2.24. The molecule has 98 valence electrons. The second-order valence-electron chi connectivity index (χ2n) is 3.97. The summed E-state index contributed by atoms with van der Waals surface area (Å²) in [6, 6.07) is 9.19. The van der Waals surface area contributed by atoms with Crippen LogP contribution in [0.1, 0.15) is 11.1 Å². The van der Waals surface area contributed by atoms with Gasteiger partial charge in [0.25, 0.3) is 0 Å². The van der Waals surface area contributed by atoms with Gasteiger partial charge in [0.05, 0.1) is 18.4 Å². The Morgan fingerprint density at radius 2 is 2.21 bits per heavy atom. The lowest BCUT2D eigenvalue weighted by Crippen LogP contribution is -2.12. The summed E-state index contributed by atoms with van der Waals surface area (Å²) in [5.74, 6) is 1.07. The first-order valence-electron chi connectivity index (χ1n) is 5.75. The predicted molar refractivity (Wildman–Crippen MR) is 72.5 cm³/mol. The van der Waals surface area contributed by atoms with Crippen LogP contribution in [0.15, 0.2) is 42.7 Å². The summed E-state index contributed by atoms with van der Waals surface area (Å²) in [4.78, 5) is 3.98. The van der Waals surface area contributed by atoms with Crippen molar-refractivity contribution in [2.24, 2.45) is 5.73 Å². The van der Waals surface area contributed by atoms with E-state index >= 15 is 0 Å². The van der Waals surface area contributed by atoms with Gasteiger partial charge in [0, 0.05) is 13.3 Å². The molecule has 19 heavy (non-hydrogen) atoms. The molecule has 2 rings (SSSR count). The summed E-state index contributed by atoms with van der Waals surface area (Å²) in [5.41, 5.74) is 7.03. The number of hydrogen-bond acceptors (Lipinski definition) is 4. The van der Waals surface area contributed by atoms with E-state index in [9.17, 15) is 0 Å². The number of nitrogens with one attached hydrogen (secondary N) is 1. The van der Waals surface area contributed by atoms with Gasteiger partial charge < -0.3 is 15.2 Å². The van der Waals surface area contributed by atoms with Crippen LogP contribution in [0.5, 0.6) is 11.5 Å². The van der Waals surface area contributed by atoms with Gasteiger partial charge in [-0.1, -0.05) is 12.1 Å². The van der Waals surface area contributed by atoms with Crippen molar-refractivity contribution >= 4 is 5.84 Å². The van der Waals surface area contributed by atoms with E-state index in [0.29, 0.717) is 23.7 Å². The molecule has 0 aliphatic heterocycles. The van der Waals surface area contributed by atoms with Crippen molar-refractivity contribution in [3.05, 3.63) is 53.9 Å². The molecule has 0 fully saturated rings. The van der Waals surface area contributed by atoms with Crippen molar-refractivity contribution in [1.82, 2.24) is 4.98 Å². The first-order chi connectivity index (χ1) is 9.20. The monoisotopic (exact) mass is 257 g/mol. The lowest BCUT2D eigenvalue weighted by atomic mass is 10.2. The topological polar surface area (TPSA) is 81.2 Å². The van der Waals surface area contributed by atoms with Crippen molar-refractivity contribution in [3.8, 4) is 11.5 Å². The minimum absolute atomic E-state index is 0.0505. The predicted octanol–water partition coefficient (Wildman–Crippen LogP) is 2.30. The quantitative estimate of drug-likeness (QED) is 0.636. The van der Waals surface area contributed by atoms with Crippen molar-refractivity contribution in [1.29, 1.82) is 5.41 Å². The van der Waals surface area contributed by atoms with E-state index in [-0.39, 0.29) is 5.84 Å². The van der Waals surface area contributed by atoms with Crippen LogP contribution in [0.4, 0.5) is 0 Å². The van der Waals surface area contributed by atoms with Crippen LogP contribution in [0, 0.1) is 5.41 Å². The van der Waals surface area contributed by atoms with Gasteiger partial charge >= 0.3 is 0 Å². The van der Waals surface area contributed by atoms with E-state index in [1.807, 2.05) is 24.3 Å². The third-order valence-electron chi connectivity index (χ3n) is 2.51. The standard InChI is InChI=1S/C14H15N3O2/c1-18-9-10-3-2-4-11(7-10)19-13-8-17-6-5-12(13)14(15)16/h2-8H,9H2,1H3,(H3,15,16).